The van der Waals surface area contributed by atoms with Gasteiger partial charge in [-0.1, -0.05) is 0 Å². The molecule has 1 aromatic carbocycles. The molecule has 3 nitrogen and oxygen atoms in total. The van der Waals surface area contributed by atoms with E-state index >= 15 is 0 Å². The van der Waals surface area contributed by atoms with Crippen LogP contribution in [0.2, 0.25) is 0 Å². The van der Waals surface area contributed by atoms with Crippen molar-refractivity contribution < 1.29 is 4.39 Å². The Hall–Kier alpha value is -1.97. The zero-order valence-electron chi connectivity index (χ0n) is 8.12. The van der Waals surface area contributed by atoms with Crippen LogP contribution in [-0.2, 0) is 0 Å². The van der Waals surface area contributed by atoms with E-state index in [0.29, 0.717) is 11.3 Å². The Labute approximate surface area is 85.6 Å². The minimum absolute atomic E-state index is 0.297. The van der Waals surface area contributed by atoms with E-state index in [1.807, 2.05) is 0 Å². The fourth-order valence-electron chi connectivity index (χ4n) is 1.42. The zero-order valence-corrected chi connectivity index (χ0v) is 8.12. The molecule has 0 spiro atoms. The molecule has 1 aromatic heterocycles. The van der Waals surface area contributed by atoms with E-state index in [-0.39, 0.29) is 11.4 Å². The van der Waals surface area contributed by atoms with Gasteiger partial charge in [-0.3, -0.25) is 9.78 Å². The highest BCUT2D eigenvalue weighted by Gasteiger charge is 2.02. The third-order valence-electron chi connectivity index (χ3n) is 2.01. The first-order valence-electron chi connectivity index (χ1n) is 4.47. The maximum atomic E-state index is 13.1. The molecule has 1 heterocycles. The largest absolute Gasteiger partial charge is 0.319 e. The second-order valence-electron chi connectivity index (χ2n) is 3.33. The van der Waals surface area contributed by atoms with Crippen molar-refractivity contribution in [1.82, 2.24) is 9.97 Å². The predicted octanol–water partition coefficient (Wildman–Crippen LogP) is 1.88. The molecule has 0 saturated heterocycles. The highest BCUT2D eigenvalue weighted by Crippen LogP contribution is 2.17. The monoisotopic (exact) mass is 204 g/mol. The van der Waals surface area contributed by atoms with Gasteiger partial charge >= 0.3 is 0 Å². The van der Waals surface area contributed by atoms with Gasteiger partial charge in [-0.2, -0.15) is 0 Å². The van der Waals surface area contributed by atoms with E-state index in [9.17, 15) is 9.18 Å². The van der Waals surface area contributed by atoms with E-state index in [4.69, 9.17) is 0 Å². The second-order valence-corrected chi connectivity index (χ2v) is 3.33. The third-order valence-corrected chi connectivity index (χ3v) is 2.01. The van der Waals surface area contributed by atoms with Crippen LogP contribution in [0.3, 0.4) is 0 Å². The average Bonchev–Trinajstić information content (AvgIpc) is 2.16. The Bertz CT molecular complexity index is 528. The summed E-state index contributed by atoms with van der Waals surface area (Å²) in [5, 5.41) is 0. The van der Waals surface area contributed by atoms with Crippen molar-refractivity contribution in [2.75, 3.05) is 0 Å². The fraction of sp³-hybridized carbons (Fsp3) is 0.0909. The molecule has 0 fully saturated rings. The lowest BCUT2D eigenvalue weighted by atomic mass is 10.1. The lowest BCUT2D eigenvalue weighted by Crippen LogP contribution is -2.05. The van der Waals surface area contributed by atoms with Crippen LogP contribution < -0.4 is 5.56 Å². The van der Waals surface area contributed by atoms with Crippen LogP contribution >= 0.6 is 0 Å². The standard InChI is InChI=1S/C11H9FN2O/c1-7-2-8(4-9(12)3-7)10-5-13-6-11(15)14-10/h2-6H,1H3,(H,14,15). The van der Waals surface area contributed by atoms with Crippen LogP contribution in [0.25, 0.3) is 11.3 Å². The number of halogens is 1. The Morgan fingerprint density at radius 2 is 2.07 bits per heavy atom. The fourth-order valence-corrected chi connectivity index (χ4v) is 1.42. The van der Waals surface area contributed by atoms with Crippen molar-refractivity contribution in [1.29, 1.82) is 0 Å². The van der Waals surface area contributed by atoms with Gasteiger partial charge < -0.3 is 4.98 Å². The number of aryl methyl sites for hydroxylation is 1. The highest BCUT2D eigenvalue weighted by atomic mass is 19.1. The Kier molecular flexibility index (Phi) is 2.33. The number of benzene rings is 1. The number of nitrogens with one attached hydrogen (secondary N) is 1. The summed E-state index contributed by atoms with van der Waals surface area (Å²) in [7, 11) is 0. The number of hydrogen-bond acceptors (Lipinski definition) is 2. The van der Waals surface area contributed by atoms with Crippen LogP contribution in [0.1, 0.15) is 5.56 Å². The van der Waals surface area contributed by atoms with Crippen LogP contribution in [0, 0.1) is 12.7 Å². The number of hydrogen-bond donors (Lipinski definition) is 1. The van der Waals surface area contributed by atoms with E-state index in [2.05, 4.69) is 9.97 Å². The maximum Gasteiger partial charge on any atom is 0.266 e. The molecule has 15 heavy (non-hydrogen) atoms. The summed E-state index contributed by atoms with van der Waals surface area (Å²) in [4.78, 5) is 17.4. The molecule has 2 rings (SSSR count). The normalized spacial score (nSPS) is 10.3. The molecule has 1 N–H and O–H groups in total. The highest BCUT2D eigenvalue weighted by molar-refractivity contribution is 5.58. The molecule has 0 amide bonds. The van der Waals surface area contributed by atoms with Crippen molar-refractivity contribution in [2.24, 2.45) is 0 Å². The number of aromatic nitrogens is 2. The number of nitrogens with zero attached hydrogens (tertiary/aromatic N) is 1. The average molecular weight is 204 g/mol. The third kappa shape index (κ3) is 2.10. The molecule has 0 bridgehead atoms. The number of aromatic amines is 1. The van der Waals surface area contributed by atoms with Crippen LogP contribution in [0.5, 0.6) is 0 Å². The second kappa shape index (κ2) is 3.65. The molecule has 4 heteroatoms. The summed E-state index contributed by atoms with van der Waals surface area (Å²) in [6, 6.07) is 4.58. The first-order valence-corrected chi connectivity index (χ1v) is 4.47. The minimum atomic E-state index is -0.324. The van der Waals surface area contributed by atoms with Gasteiger partial charge in [0.1, 0.15) is 5.82 Å². The summed E-state index contributed by atoms with van der Waals surface area (Å²) in [6.45, 7) is 1.79. The number of rotatable bonds is 1. The van der Waals surface area contributed by atoms with Gasteiger partial charge in [0.25, 0.3) is 5.56 Å². The summed E-state index contributed by atoms with van der Waals surface area (Å²) in [5.74, 6) is -0.324. The summed E-state index contributed by atoms with van der Waals surface area (Å²) >= 11 is 0. The smallest absolute Gasteiger partial charge is 0.266 e. The van der Waals surface area contributed by atoms with Crippen LogP contribution in [-0.4, -0.2) is 9.97 Å². The van der Waals surface area contributed by atoms with Gasteiger partial charge in [0.05, 0.1) is 18.1 Å². The molecule has 0 aliphatic rings. The number of H-pyrrole nitrogens is 1. The zero-order chi connectivity index (χ0) is 10.8. The van der Waals surface area contributed by atoms with Gasteiger partial charge in [-0.15, -0.1) is 0 Å². The summed E-state index contributed by atoms with van der Waals surface area (Å²) in [5.41, 5.74) is 1.65. The van der Waals surface area contributed by atoms with E-state index in [1.165, 1.54) is 24.5 Å². The predicted molar refractivity (Wildman–Crippen MR) is 55.0 cm³/mol. The molecule has 0 aliphatic carbocycles. The first kappa shape index (κ1) is 9.58. The molecular weight excluding hydrogens is 195 g/mol. The van der Waals surface area contributed by atoms with Gasteiger partial charge in [0.15, 0.2) is 0 Å². The molecule has 0 radical (unpaired) electrons. The summed E-state index contributed by atoms with van der Waals surface area (Å²) < 4.78 is 13.1. The van der Waals surface area contributed by atoms with Crippen molar-refractivity contribution in [3.8, 4) is 11.3 Å². The Morgan fingerprint density at radius 3 is 2.73 bits per heavy atom. The van der Waals surface area contributed by atoms with Crippen molar-refractivity contribution in [2.45, 2.75) is 6.92 Å². The van der Waals surface area contributed by atoms with E-state index in [0.717, 1.165) is 5.56 Å². The molecule has 0 saturated carbocycles. The molecule has 2 aromatic rings. The molecule has 0 atom stereocenters. The lowest BCUT2D eigenvalue weighted by Gasteiger charge is -2.02. The lowest BCUT2D eigenvalue weighted by molar-refractivity contribution is 0.627. The van der Waals surface area contributed by atoms with E-state index in [1.54, 1.807) is 13.0 Å². The van der Waals surface area contributed by atoms with Gasteiger partial charge in [-0.25, -0.2) is 4.39 Å². The van der Waals surface area contributed by atoms with E-state index < -0.39 is 0 Å². The SMILES string of the molecule is Cc1cc(F)cc(-c2cncc(=O)[nH]2)c1. The Morgan fingerprint density at radius 1 is 1.27 bits per heavy atom. The molecule has 0 unspecified atom stereocenters. The van der Waals surface area contributed by atoms with Crippen LogP contribution in [0.15, 0.2) is 35.4 Å². The van der Waals surface area contributed by atoms with Crippen molar-refractivity contribution in [3.63, 3.8) is 0 Å². The minimum Gasteiger partial charge on any atom is -0.319 e. The van der Waals surface area contributed by atoms with Gasteiger partial charge in [0, 0.05) is 5.56 Å². The molecule has 76 valence electrons. The topological polar surface area (TPSA) is 45.8 Å². The quantitative estimate of drug-likeness (QED) is 0.770. The summed E-state index contributed by atoms with van der Waals surface area (Å²) in [6.07, 6.45) is 2.67. The van der Waals surface area contributed by atoms with Crippen molar-refractivity contribution >= 4 is 0 Å². The van der Waals surface area contributed by atoms with Gasteiger partial charge in [0.2, 0.25) is 0 Å². The Balaban J connectivity index is 2.58. The first-order chi connectivity index (χ1) is 7.15. The van der Waals surface area contributed by atoms with Crippen molar-refractivity contribution in [3.05, 3.63) is 52.3 Å². The van der Waals surface area contributed by atoms with Gasteiger partial charge in [-0.05, 0) is 30.7 Å². The molecular formula is C11H9FN2O. The molecule has 0 aliphatic heterocycles. The maximum absolute atomic E-state index is 13.1. The van der Waals surface area contributed by atoms with Crippen LogP contribution in [0.4, 0.5) is 4.39 Å².